The van der Waals surface area contributed by atoms with E-state index in [0.717, 1.165) is 37.6 Å². The van der Waals surface area contributed by atoms with Gasteiger partial charge in [-0.05, 0) is 12.1 Å². The highest BCUT2D eigenvalue weighted by Gasteiger charge is 2.15. The lowest BCUT2D eigenvalue weighted by atomic mass is 10.2. The number of amides is 1. The minimum absolute atomic E-state index is 0.00331. The molecule has 1 fully saturated rings. The van der Waals surface area contributed by atoms with E-state index in [9.17, 15) is 4.79 Å². The second kappa shape index (κ2) is 6.11. The third-order valence-corrected chi connectivity index (χ3v) is 3.40. The van der Waals surface area contributed by atoms with Crippen molar-refractivity contribution in [2.75, 3.05) is 51.3 Å². The Kier molecular flexibility index (Phi) is 4.03. The van der Waals surface area contributed by atoms with Crippen LogP contribution in [-0.2, 0) is 4.79 Å². The number of rotatable bonds is 3. The van der Waals surface area contributed by atoms with Gasteiger partial charge in [0, 0.05) is 37.9 Å². The van der Waals surface area contributed by atoms with Gasteiger partial charge in [-0.15, -0.1) is 0 Å². The molecule has 1 aromatic rings. The van der Waals surface area contributed by atoms with Gasteiger partial charge < -0.3 is 20.1 Å². The average Bonchev–Trinajstić information content (AvgIpc) is 2.48. The Morgan fingerprint density at radius 3 is 2.75 bits per heavy atom. The fraction of sp³-hybridized carbons (Fsp3) is 0.500. The van der Waals surface area contributed by atoms with Crippen molar-refractivity contribution in [2.45, 2.75) is 0 Å². The average molecular weight is 277 g/mol. The van der Waals surface area contributed by atoms with E-state index in [2.05, 4.69) is 15.5 Å². The first kappa shape index (κ1) is 13.2. The van der Waals surface area contributed by atoms with Crippen LogP contribution in [0.5, 0.6) is 11.5 Å². The fourth-order valence-electron chi connectivity index (χ4n) is 2.39. The van der Waals surface area contributed by atoms with E-state index in [1.807, 2.05) is 18.2 Å². The van der Waals surface area contributed by atoms with E-state index < -0.39 is 0 Å². The van der Waals surface area contributed by atoms with Crippen molar-refractivity contribution in [3.63, 3.8) is 0 Å². The number of carbonyl (C=O) groups excluding carboxylic acids is 1. The Morgan fingerprint density at radius 2 is 1.95 bits per heavy atom. The Morgan fingerprint density at radius 1 is 1.20 bits per heavy atom. The molecule has 0 saturated carbocycles. The molecule has 6 nitrogen and oxygen atoms in total. The number of ether oxygens (including phenoxy) is 2. The topological polar surface area (TPSA) is 62.8 Å². The molecule has 2 aliphatic rings. The molecule has 2 aliphatic heterocycles. The van der Waals surface area contributed by atoms with Crippen LogP contribution >= 0.6 is 0 Å². The highest BCUT2D eigenvalue weighted by molar-refractivity contribution is 5.92. The Hall–Kier alpha value is -1.79. The van der Waals surface area contributed by atoms with E-state index in [1.165, 1.54) is 0 Å². The molecule has 0 aromatic heterocycles. The lowest BCUT2D eigenvalue weighted by Gasteiger charge is -2.26. The summed E-state index contributed by atoms with van der Waals surface area (Å²) in [6.45, 7) is 5.25. The van der Waals surface area contributed by atoms with Crippen molar-refractivity contribution >= 4 is 11.6 Å². The van der Waals surface area contributed by atoms with Gasteiger partial charge in [-0.3, -0.25) is 9.69 Å². The largest absolute Gasteiger partial charge is 0.486 e. The molecular weight excluding hydrogens is 258 g/mol. The predicted octanol–water partition coefficient (Wildman–Crippen LogP) is 0.301. The molecule has 0 atom stereocenters. The lowest BCUT2D eigenvalue weighted by molar-refractivity contribution is -0.117. The quantitative estimate of drug-likeness (QED) is 0.832. The summed E-state index contributed by atoms with van der Waals surface area (Å²) in [5.41, 5.74) is 0.745. The molecule has 0 spiro atoms. The molecule has 0 bridgehead atoms. The molecule has 2 N–H and O–H groups in total. The first-order valence-corrected chi connectivity index (χ1v) is 6.94. The van der Waals surface area contributed by atoms with E-state index >= 15 is 0 Å². The molecule has 3 rings (SSSR count). The standard InChI is InChI=1S/C14H19N3O3/c18-14(10-17-5-3-15-4-6-17)16-11-1-2-12-13(9-11)20-8-7-19-12/h1-2,9,15H,3-8,10H2,(H,16,18). The Balaban J connectivity index is 1.58. The first-order valence-electron chi connectivity index (χ1n) is 6.94. The molecule has 0 aliphatic carbocycles. The number of hydrogen-bond acceptors (Lipinski definition) is 5. The molecule has 1 amide bonds. The number of nitrogens with one attached hydrogen (secondary N) is 2. The smallest absolute Gasteiger partial charge is 0.238 e. The maximum absolute atomic E-state index is 12.0. The molecule has 2 heterocycles. The van der Waals surface area contributed by atoms with Crippen molar-refractivity contribution in [3.05, 3.63) is 18.2 Å². The normalized spacial score (nSPS) is 18.6. The van der Waals surface area contributed by atoms with E-state index in [1.54, 1.807) is 0 Å². The first-order chi connectivity index (χ1) is 9.81. The van der Waals surface area contributed by atoms with Crippen LogP contribution < -0.4 is 20.1 Å². The Bertz CT molecular complexity index is 487. The summed E-state index contributed by atoms with van der Waals surface area (Å²) in [5.74, 6) is 1.43. The molecule has 20 heavy (non-hydrogen) atoms. The SMILES string of the molecule is O=C(CN1CCNCC1)Nc1ccc2c(c1)OCCO2. The van der Waals surface area contributed by atoms with Gasteiger partial charge in [0.05, 0.1) is 6.54 Å². The number of carbonyl (C=O) groups is 1. The van der Waals surface area contributed by atoms with E-state index in [-0.39, 0.29) is 5.91 Å². The summed E-state index contributed by atoms with van der Waals surface area (Å²) in [7, 11) is 0. The van der Waals surface area contributed by atoms with Gasteiger partial charge in [0.2, 0.25) is 5.91 Å². The summed E-state index contributed by atoms with van der Waals surface area (Å²) >= 11 is 0. The van der Waals surface area contributed by atoms with Gasteiger partial charge in [0.1, 0.15) is 13.2 Å². The van der Waals surface area contributed by atoms with Crippen LogP contribution in [0.15, 0.2) is 18.2 Å². The van der Waals surface area contributed by atoms with Gasteiger partial charge in [-0.25, -0.2) is 0 Å². The second-order valence-corrected chi connectivity index (χ2v) is 4.93. The molecule has 6 heteroatoms. The predicted molar refractivity (Wildman–Crippen MR) is 75.4 cm³/mol. The minimum atomic E-state index is 0.00331. The number of nitrogens with zero attached hydrogens (tertiary/aromatic N) is 1. The molecule has 0 radical (unpaired) electrons. The maximum atomic E-state index is 12.0. The van der Waals surface area contributed by atoms with Crippen LogP contribution in [0.25, 0.3) is 0 Å². The summed E-state index contributed by atoms with van der Waals surface area (Å²) in [5, 5.41) is 6.17. The van der Waals surface area contributed by atoms with Crippen LogP contribution in [0.1, 0.15) is 0 Å². The van der Waals surface area contributed by atoms with Crippen LogP contribution in [0, 0.1) is 0 Å². The van der Waals surface area contributed by atoms with E-state index in [0.29, 0.717) is 25.5 Å². The van der Waals surface area contributed by atoms with Crippen molar-refractivity contribution in [1.82, 2.24) is 10.2 Å². The zero-order valence-corrected chi connectivity index (χ0v) is 11.4. The van der Waals surface area contributed by atoms with Crippen molar-refractivity contribution in [1.29, 1.82) is 0 Å². The molecule has 108 valence electrons. The number of hydrogen-bond donors (Lipinski definition) is 2. The van der Waals surface area contributed by atoms with Crippen LogP contribution in [-0.4, -0.2) is 56.7 Å². The van der Waals surface area contributed by atoms with Crippen molar-refractivity contribution in [3.8, 4) is 11.5 Å². The second-order valence-electron chi connectivity index (χ2n) is 4.93. The molecule has 1 aromatic carbocycles. The van der Waals surface area contributed by atoms with Crippen LogP contribution in [0.4, 0.5) is 5.69 Å². The van der Waals surface area contributed by atoms with Gasteiger partial charge in [-0.2, -0.15) is 0 Å². The summed E-state index contributed by atoms with van der Waals surface area (Å²) in [4.78, 5) is 14.1. The molecule has 0 unspecified atom stereocenters. The number of fused-ring (bicyclic) bond motifs is 1. The summed E-state index contributed by atoms with van der Waals surface area (Å²) in [6, 6.07) is 5.47. The highest BCUT2D eigenvalue weighted by Crippen LogP contribution is 2.32. The third kappa shape index (κ3) is 3.20. The zero-order chi connectivity index (χ0) is 13.8. The lowest BCUT2D eigenvalue weighted by Crippen LogP contribution is -2.46. The fourth-order valence-corrected chi connectivity index (χ4v) is 2.39. The van der Waals surface area contributed by atoms with Crippen LogP contribution in [0.2, 0.25) is 0 Å². The molecule has 1 saturated heterocycles. The van der Waals surface area contributed by atoms with E-state index in [4.69, 9.17) is 9.47 Å². The van der Waals surface area contributed by atoms with Crippen LogP contribution in [0.3, 0.4) is 0 Å². The highest BCUT2D eigenvalue weighted by atomic mass is 16.6. The van der Waals surface area contributed by atoms with Gasteiger partial charge in [-0.1, -0.05) is 0 Å². The third-order valence-electron chi connectivity index (χ3n) is 3.40. The van der Waals surface area contributed by atoms with Gasteiger partial charge >= 0.3 is 0 Å². The van der Waals surface area contributed by atoms with Crippen molar-refractivity contribution in [2.24, 2.45) is 0 Å². The summed E-state index contributed by atoms with van der Waals surface area (Å²) in [6.07, 6.45) is 0. The monoisotopic (exact) mass is 277 g/mol. The van der Waals surface area contributed by atoms with Crippen molar-refractivity contribution < 1.29 is 14.3 Å². The number of benzene rings is 1. The summed E-state index contributed by atoms with van der Waals surface area (Å²) < 4.78 is 11.0. The maximum Gasteiger partial charge on any atom is 0.238 e. The number of piperazine rings is 1. The molecular formula is C14H19N3O3. The number of anilines is 1. The minimum Gasteiger partial charge on any atom is -0.486 e. The van der Waals surface area contributed by atoms with Gasteiger partial charge in [0.15, 0.2) is 11.5 Å². The zero-order valence-electron chi connectivity index (χ0n) is 11.4. The van der Waals surface area contributed by atoms with Gasteiger partial charge in [0.25, 0.3) is 0 Å². The Labute approximate surface area is 118 Å².